The number of nitrogens with one attached hydrogen (secondary N) is 2. The van der Waals surface area contributed by atoms with E-state index in [2.05, 4.69) is 24.1 Å². The third kappa shape index (κ3) is 3.87. The fourth-order valence-electron chi connectivity index (χ4n) is 1.47. The molecule has 2 N–H and O–H groups in total. The highest BCUT2D eigenvalue weighted by atomic mass is 16.1. The Bertz CT molecular complexity index is 374. The number of hydrogen-bond donors (Lipinski definition) is 2. The van der Waals surface area contributed by atoms with Crippen LogP contribution in [-0.4, -0.2) is 12.5 Å². The van der Waals surface area contributed by atoms with E-state index in [1.807, 2.05) is 30.3 Å². The summed E-state index contributed by atoms with van der Waals surface area (Å²) in [5, 5.41) is 6.07. The van der Waals surface area contributed by atoms with Crippen LogP contribution in [-0.2, 0) is 4.79 Å². The van der Waals surface area contributed by atoms with Crippen LogP contribution in [0.5, 0.6) is 0 Å². The van der Waals surface area contributed by atoms with Crippen molar-refractivity contribution in [3.05, 3.63) is 42.5 Å². The molecule has 1 amide bonds. The van der Waals surface area contributed by atoms with E-state index in [-0.39, 0.29) is 11.9 Å². The summed E-state index contributed by atoms with van der Waals surface area (Å²) in [4.78, 5) is 10.9. The first-order valence-electron chi connectivity index (χ1n) is 5.35. The molecule has 0 aliphatic heterocycles. The Morgan fingerprint density at radius 1 is 1.56 bits per heavy atom. The van der Waals surface area contributed by atoms with Crippen LogP contribution in [0.25, 0.3) is 0 Å². The molecule has 0 bridgehead atoms. The van der Waals surface area contributed by atoms with Gasteiger partial charge in [0, 0.05) is 25.2 Å². The van der Waals surface area contributed by atoms with E-state index in [0.29, 0.717) is 0 Å². The number of carbonyl (C=O) groups is 1. The van der Waals surface area contributed by atoms with Crippen molar-refractivity contribution in [2.24, 2.45) is 0 Å². The summed E-state index contributed by atoms with van der Waals surface area (Å²) in [5.74, 6) is -0.0520. The standard InChI is InChI=1S/C13H18N2O/c1-4-8-14-10(2)12-6-5-7-13(9-12)15-11(3)16/h4-7,9-10,14H,1,8H2,2-3H3,(H,15,16). The molecule has 3 nitrogen and oxygen atoms in total. The van der Waals surface area contributed by atoms with E-state index < -0.39 is 0 Å². The first-order chi connectivity index (χ1) is 7.63. The first kappa shape index (κ1) is 12.5. The van der Waals surface area contributed by atoms with E-state index in [1.54, 1.807) is 0 Å². The van der Waals surface area contributed by atoms with Crippen LogP contribution in [0.1, 0.15) is 25.5 Å². The van der Waals surface area contributed by atoms with Crippen LogP contribution in [0.15, 0.2) is 36.9 Å². The van der Waals surface area contributed by atoms with Crippen molar-refractivity contribution >= 4 is 11.6 Å². The second kappa shape index (κ2) is 6.08. The summed E-state index contributed by atoms with van der Waals surface area (Å²) in [5.41, 5.74) is 1.98. The molecule has 1 rings (SSSR count). The van der Waals surface area contributed by atoms with Gasteiger partial charge < -0.3 is 10.6 Å². The molecule has 0 heterocycles. The molecular formula is C13H18N2O. The van der Waals surface area contributed by atoms with E-state index >= 15 is 0 Å². The van der Waals surface area contributed by atoms with Crippen LogP contribution in [0.4, 0.5) is 5.69 Å². The summed E-state index contributed by atoms with van der Waals surface area (Å²) in [6.45, 7) is 8.02. The lowest BCUT2D eigenvalue weighted by atomic mass is 10.1. The van der Waals surface area contributed by atoms with Gasteiger partial charge in [-0.3, -0.25) is 4.79 Å². The van der Waals surface area contributed by atoms with Gasteiger partial charge in [-0.25, -0.2) is 0 Å². The van der Waals surface area contributed by atoms with Crippen molar-refractivity contribution in [2.75, 3.05) is 11.9 Å². The van der Waals surface area contributed by atoms with E-state index in [1.165, 1.54) is 6.92 Å². The molecule has 1 atom stereocenters. The fraction of sp³-hybridized carbons (Fsp3) is 0.308. The van der Waals surface area contributed by atoms with Gasteiger partial charge in [0.15, 0.2) is 0 Å². The van der Waals surface area contributed by atoms with Crippen molar-refractivity contribution < 1.29 is 4.79 Å². The number of amides is 1. The second-order valence-electron chi connectivity index (χ2n) is 3.73. The molecular weight excluding hydrogens is 200 g/mol. The summed E-state index contributed by atoms with van der Waals surface area (Å²) in [6.07, 6.45) is 1.83. The normalized spacial score (nSPS) is 11.9. The van der Waals surface area contributed by atoms with E-state index in [9.17, 15) is 4.79 Å². The largest absolute Gasteiger partial charge is 0.326 e. The zero-order valence-electron chi connectivity index (χ0n) is 9.79. The lowest BCUT2D eigenvalue weighted by Crippen LogP contribution is -2.18. The number of hydrogen-bond acceptors (Lipinski definition) is 2. The zero-order chi connectivity index (χ0) is 12.0. The Kier molecular flexibility index (Phi) is 4.73. The average Bonchev–Trinajstić information content (AvgIpc) is 2.25. The van der Waals surface area contributed by atoms with Crippen molar-refractivity contribution in [2.45, 2.75) is 19.9 Å². The van der Waals surface area contributed by atoms with E-state index in [4.69, 9.17) is 0 Å². The lowest BCUT2D eigenvalue weighted by molar-refractivity contribution is -0.114. The minimum absolute atomic E-state index is 0.0520. The first-order valence-corrected chi connectivity index (χ1v) is 5.35. The van der Waals surface area contributed by atoms with Crippen LogP contribution < -0.4 is 10.6 Å². The quantitative estimate of drug-likeness (QED) is 0.745. The third-order valence-electron chi connectivity index (χ3n) is 2.28. The Morgan fingerprint density at radius 3 is 2.94 bits per heavy atom. The molecule has 0 saturated carbocycles. The molecule has 1 aromatic carbocycles. The van der Waals surface area contributed by atoms with E-state index in [0.717, 1.165) is 17.8 Å². The number of carbonyl (C=O) groups excluding carboxylic acids is 1. The van der Waals surface area contributed by atoms with Gasteiger partial charge in [0.1, 0.15) is 0 Å². The van der Waals surface area contributed by atoms with Gasteiger partial charge in [0.25, 0.3) is 0 Å². The molecule has 0 aromatic heterocycles. The molecule has 0 radical (unpaired) electrons. The number of anilines is 1. The molecule has 86 valence electrons. The zero-order valence-corrected chi connectivity index (χ0v) is 9.79. The summed E-state index contributed by atoms with van der Waals surface area (Å²) in [7, 11) is 0. The Morgan fingerprint density at radius 2 is 2.31 bits per heavy atom. The topological polar surface area (TPSA) is 41.1 Å². The second-order valence-corrected chi connectivity index (χ2v) is 3.73. The minimum Gasteiger partial charge on any atom is -0.326 e. The van der Waals surface area contributed by atoms with Gasteiger partial charge in [0.05, 0.1) is 0 Å². The fourth-order valence-corrected chi connectivity index (χ4v) is 1.47. The molecule has 0 spiro atoms. The minimum atomic E-state index is -0.0520. The molecule has 1 aromatic rings. The SMILES string of the molecule is C=CCNC(C)c1cccc(NC(C)=O)c1. The molecule has 1 unspecified atom stereocenters. The Labute approximate surface area is 96.6 Å². The predicted molar refractivity (Wildman–Crippen MR) is 67.4 cm³/mol. The van der Waals surface area contributed by atoms with Crippen molar-refractivity contribution in [3.63, 3.8) is 0 Å². The Hall–Kier alpha value is -1.61. The van der Waals surface area contributed by atoms with Crippen LogP contribution in [0.3, 0.4) is 0 Å². The molecule has 0 aliphatic rings. The number of rotatable bonds is 5. The van der Waals surface area contributed by atoms with Crippen molar-refractivity contribution in [3.8, 4) is 0 Å². The lowest BCUT2D eigenvalue weighted by Gasteiger charge is -2.14. The van der Waals surface area contributed by atoms with Crippen LogP contribution >= 0.6 is 0 Å². The molecule has 0 saturated heterocycles. The summed E-state index contributed by atoms with van der Waals surface area (Å²) < 4.78 is 0. The average molecular weight is 218 g/mol. The maximum Gasteiger partial charge on any atom is 0.221 e. The van der Waals surface area contributed by atoms with Crippen LogP contribution in [0, 0.1) is 0 Å². The van der Waals surface area contributed by atoms with Gasteiger partial charge in [-0.05, 0) is 24.6 Å². The molecule has 16 heavy (non-hydrogen) atoms. The van der Waals surface area contributed by atoms with Crippen molar-refractivity contribution in [1.82, 2.24) is 5.32 Å². The maximum absolute atomic E-state index is 10.9. The third-order valence-corrected chi connectivity index (χ3v) is 2.28. The van der Waals surface area contributed by atoms with Gasteiger partial charge in [-0.15, -0.1) is 6.58 Å². The maximum atomic E-state index is 10.9. The Balaban J connectivity index is 2.72. The smallest absolute Gasteiger partial charge is 0.221 e. The van der Waals surface area contributed by atoms with Gasteiger partial charge in [-0.2, -0.15) is 0 Å². The summed E-state index contributed by atoms with van der Waals surface area (Å²) in [6, 6.07) is 8.07. The highest BCUT2D eigenvalue weighted by Gasteiger charge is 2.04. The van der Waals surface area contributed by atoms with Crippen molar-refractivity contribution in [1.29, 1.82) is 0 Å². The monoisotopic (exact) mass is 218 g/mol. The highest BCUT2D eigenvalue weighted by molar-refractivity contribution is 5.88. The van der Waals surface area contributed by atoms with Gasteiger partial charge in [-0.1, -0.05) is 18.2 Å². The van der Waals surface area contributed by atoms with Crippen LogP contribution in [0.2, 0.25) is 0 Å². The molecule has 0 fully saturated rings. The molecule has 0 aliphatic carbocycles. The molecule has 3 heteroatoms. The predicted octanol–water partition coefficient (Wildman–Crippen LogP) is 2.48. The number of benzene rings is 1. The van der Waals surface area contributed by atoms with Gasteiger partial charge >= 0.3 is 0 Å². The highest BCUT2D eigenvalue weighted by Crippen LogP contribution is 2.17. The van der Waals surface area contributed by atoms with Gasteiger partial charge in [0.2, 0.25) is 5.91 Å². The summed E-state index contributed by atoms with van der Waals surface area (Å²) >= 11 is 0.